The highest BCUT2D eigenvalue weighted by Gasteiger charge is 2.44. The lowest BCUT2D eigenvalue weighted by molar-refractivity contribution is -0.138. The molecule has 1 aliphatic carbocycles. The molecule has 1 saturated carbocycles. The van der Waals surface area contributed by atoms with Gasteiger partial charge in [-0.25, -0.2) is 4.98 Å². The minimum absolute atomic E-state index is 0.0775. The minimum atomic E-state index is -4.72. The number of alkyl halides is 6. The molecule has 1 amide bonds. The second kappa shape index (κ2) is 10.8. The Balaban J connectivity index is 1.27. The molecule has 0 radical (unpaired) electrons. The zero-order chi connectivity index (χ0) is 32.6. The molecule has 0 atom stereocenters. The molecule has 3 aliphatic rings. The molecule has 7 nitrogen and oxygen atoms in total. The van der Waals surface area contributed by atoms with E-state index in [9.17, 15) is 31.1 Å². The molecule has 2 aliphatic heterocycles. The molecule has 1 spiro atoms. The molecule has 2 aromatic heterocycles. The average molecular weight is 661 g/mol. The van der Waals surface area contributed by atoms with Crippen LogP contribution in [0.25, 0.3) is 22.5 Å². The van der Waals surface area contributed by atoms with Gasteiger partial charge in [-0.1, -0.05) is 18.0 Å². The van der Waals surface area contributed by atoms with Crippen LogP contribution in [0.15, 0.2) is 48.8 Å². The van der Waals surface area contributed by atoms with Gasteiger partial charge in [-0.3, -0.25) is 14.6 Å². The second-order valence-electron chi connectivity index (χ2n) is 12.4. The number of amides is 1. The second-order valence-corrected chi connectivity index (χ2v) is 12.8. The summed E-state index contributed by atoms with van der Waals surface area (Å²) in [5.74, 6) is -0.518. The van der Waals surface area contributed by atoms with E-state index >= 15 is 0 Å². The molecule has 7 rings (SSSR count). The normalized spacial score (nSPS) is 18.0. The Kier molecular flexibility index (Phi) is 7.20. The van der Waals surface area contributed by atoms with Gasteiger partial charge in [0, 0.05) is 31.3 Å². The first-order chi connectivity index (χ1) is 21.7. The highest BCUT2D eigenvalue weighted by molar-refractivity contribution is 6.30. The number of nitrogens with zero attached hydrogens (tertiary/aromatic N) is 6. The lowest BCUT2D eigenvalue weighted by Gasteiger charge is -2.38. The molecule has 0 bridgehead atoms. The Bertz CT molecular complexity index is 1860. The standard InChI is InChI=1S/C32H27ClF6N6O/c1-43-17-40-42-28(43)21-4-3-20(31(34,35)36)13-22(21)19-11-26(33)41-27(12-19)45-15-24-23(29(45)46)9-18(10-25(24)32(37,38)39)14-44-8-7-30(16-44)5-2-6-30/h3-4,9-13,17H,2,5-8,14-16H2,1H3. The van der Waals surface area contributed by atoms with Gasteiger partial charge in [-0.05, 0) is 95.9 Å². The van der Waals surface area contributed by atoms with Crippen molar-refractivity contribution in [3.05, 3.63) is 81.8 Å². The third-order valence-corrected chi connectivity index (χ3v) is 9.61. The van der Waals surface area contributed by atoms with Crippen LogP contribution in [0.2, 0.25) is 5.15 Å². The Morgan fingerprint density at radius 2 is 1.72 bits per heavy atom. The van der Waals surface area contributed by atoms with E-state index in [-0.39, 0.29) is 44.5 Å². The van der Waals surface area contributed by atoms with E-state index in [1.54, 1.807) is 7.05 Å². The predicted molar refractivity (Wildman–Crippen MR) is 158 cm³/mol. The van der Waals surface area contributed by atoms with Crippen molar-refractivity contribution in [2.45, 2.75) is 51.1 Å². The molecule has 0 N–H and O–H groups in total. The summed E-state index contributed by atoms with van der Waals surface area (Å²) in [5, 5.41) is 7.69. The van der Waals surface area contributed by atoms with Gasteiger partial charge >= 0.3 is 12.4 Å². The summed E-state index contributed by atoms with van der Waals surface area (Å²) in [4.78, 5) is 21.2. The number of hydrogen-bond acceptors (Lipinski definition) is 5. The maximum absolute atomic E-state index is 14.4. The number of aromatic nitrogens is 4. The third-order valence-electron chi connectivity index (χ3n) is 9.41. The van der Waals surface area contributed by atoms with Crippen LogP contribution in [0, 0.1) is 5.41 Å². The quantitative estimate of drug-likeness (QED) is 0.162. The number of anilines is 1. The fourth-order valence-corrected chi connectivity index (χ4v) is 7.17. The number of carbonyl (C=O) groups excluding carboxylic acids is 1. The van der Waals surface area contributed by atoms with Gasteiger partial charge in [-0.2, -0.15) is 26.3 Å². The summed E-state index contributed by atoms with van der Waals surface area (Å²) in [6.07, 6.45) is -3.55. The zero-order valence-corrected chi connectivity index (χ0v) is 25.3. The summed E-state index contributed by atoms with van der Waals surface area (Å²) < 4.78 is 86.0. The van der Waals surface area contributed by atoms with Crippen molar-refractivity contribution in [1.29, 1.82) is 0 Å². The first-order valence-electron chi connectivity index (χ1n) is 14.7. The lowest BCUT2D eigenvalue weighted by Crippen LogP contribution is -2.33. The van der Waals surface area contributed by atoms with E-state index in [1.807, 2.05) is 0 Å². The van der Waals surface area contributed by atoms with Crippen molar-refractivity contribution >= 4 is 23.3 Å². The van der Waals surface area contributed by atoms with Gasteiger partial charge in [0.15, 0.2) is 5.82 Å². The van der Waals surface area contributed by atoms with Crippen LogP contribution in [-0.2, 0) is 32.5 Å². The fourth-order valence-electron chi connectivity index (χ4n) is 6.96. The number of likely N-dealkylation sites (tertiary alicyclic amines) is 1. The molecule has 2 fully saturated rings. The van der Waals surface area contributed by atoms with Gasteiger partial charge in [0.2, 0.25) is 0 Å². The Hall–Kier alpha value is -3.97. The predicted octanol–water partition coefficient (Wildman–Crippen LogP) is 7.77. The number of carbonyl (C=O) groups is 1. The van der Waals surface area contributed by atoms with E-state index < -0.39 is 35.9 Å². The summed E-state index contributed by atoms with van der Waals surface area (Å²) >= 11 is 6.35. The number of halogens is 7. The van der Waals surface area contributed by atoms with E-state index in [4.69, 9.17) is 11.6 Å². The number of fused-ring (bicyclic) bond motifs is 1. The molecular formula is C32H27ClF6N6O. The number of pyridine rings is 1. The number of hydrogen-bond donors (Lipinski definition) is 0. The van der Waals surface area contributed by atoms with Gasteiger partial charge in [0.25, 0.3) is 5.91 Å². The highest BCUT2D eigenvalue weighted by Crippen LogP contribution is 2.48. The van der Waals surface area contributed by atoms with E-state index in [2.05, 4.69) is 20.1 Å². The van der Waals surface area contributed by atoms with Crippen molar-refractivity contribution in [3.8, 4) is 22.5 Å². The summed E-state index contributed by atoms with van der Waals surface area (Å²) in [7, 11) is 1.63. The summed E-state index contributed by atoms with van der Waals surface area (Å²) in [6, 6.07) is 8.43. The summed E-state index contributed by atoms with van der Waals surface area (Å²) in [5.41, 5.74) is -0.883. The topological polar surface area (TPSA) is 67.2 Å². The maximum Gasteiger partial charge on any atom is 0.416 e. The van der Waals surface area contributed by atoms with Gasteiger partial charge in [0.05, 0.1) is 17.7 Å². The minimum Gasteiger partial charge on any atom is -0.317 e. The molecule has 2 aromatic carbocycles. The van der Waals surface area contributed by atoms with Crippen LogP contribution in [0.4, 0.5) is 32.2 Å². The first-order valence-corrected chi connectivity index (χ1v) is 15.1. The maximum atomic E-state index is 14.4. The van der Waals surface area contributed by atoms with Crippen LogP contribution in [0.1, 0.15) is 58.3 Å². The molecule has 0 unspecified atom stereocenters. The Labute approximate surface area is 264 Å². The Morgan fingerprint density at radius 1 is 0.935 bits per heavy atom. The summed E-state index contributed by atoms with van der Waals surface area (Å²) in [6.45, 7) is 1.49. The zero-order valence-electron chi connectivity index (χ0n) is 24.5. The van der Waals surface area contributed by atoms with Gasteiger partial charge in [-0.15, -0.1) is 10.2 Å². The van der Waals surface area contributed by atoms with Crippen LogP contribution in [0.3, 0.4) is 0 Å². The first kappa shape index (κ1) is 30.7. The van der Waals surface area contributed by atoms with Crippen LogP contribution in [0.5, 0.6) is 0 Å². The molecule has 14 heteroatoms. The van der Waals surface area contributed by atoms with Crippen LogP contribution in [-0.4, -0.2) is 43.6 Å². The number of aryl methyl sites for hydroxylation is 1. The van der Waals surface area contributed by atoms with Crippen molar-refractivity contribution in [2.24, 2.45) is 12.5 Å². The smallest absolute Gasteiger partial charge is 0.317 e. The molecular weight excluding hydrogens is 634 g/mol. The van der Waals surface area contributed by atoms with Crippen molar-refractivity contribution in [2.75, 3.05) is 18.0 Å². The highest BCUT2D eigenvalue weighted by atomic mass is 35.5. The molecule has 4 heterocycles. The molecule has 240 valence electrons. The molecule has 4 aromatic rings. The molecule has 1 saturated heterocycles. The van der Waals surface area contributed by atoms with Crippen molar-refractivity contribution < 1.29 is 31.1 Å². The average Bonchev–Trinajstić information content (AvgIpc) is 3.68. The van der Waals surface area contributed by atoms with E-state index in [1.165, 1.54) is 41.6 Å². The largest absolute Gasteiger partial charge is 0.416 e. The van der Waals surface area contributed by atoms with Crippen molar-refractivity contribution in [3.63, 3.8) is 0 Å². The Morgan fingerprint density at radius 3 is 2.35 bits per heavy atom. The SMILES string of the molecule is Cn1cnnc1-c1ccc(C(F)(F)F)cc1-c1cc(Cl)nc(N2Cc3c(cc(CN4CCC5(CCC5)C4)cc3C(F)(F)F)C2=O)c1. The lowest BCUT2D eigenvalue weighted by atomic mass is 9.68. The third kappa shape index (κ3) is 5.42. The van der Waals surface area contributed by atoms with Gasteiger partial charge < -0.3 is 4.57 Å². The van der Waals surface area contributed by atoms with Gasteiger partial charge in [0.1, 0.15) is 17.3 Å². The number of benzene rings is 2. The molecule has 46 heavy (non-hydrogen) atoms. The number of rotatable bonds is 5. The van der Waals surface area contributed by atoms with Crippen LogP contribution < -0.4 is 4.90 Å². The van der Waals surface area contributed by atoms with E-state index in [0.29, 0.717) is 17.7 Å². The van der Waals surface area contributed by atoms with E-state index in [0.717, 1.165) is 55.5 Å². The van der Waals surface area contributed by atoms with Crippen LogP contribution >= 0.6 is 11.6 Å². The monoisotopic (exact) mass is 660 g/mol. The fraction of sp³-hybridized carbons (Fsp3) is 0.375. The van der Waals surface area contributed by atoms with Crippen molar-refractivity contribution in [1.82, 2.24) is 24.6 Å².